The number of benzene rings is 3. The molecule has 162 valence electrons. The Morgan fingerprint density at radius 1 is 0.969 bits per heavy atom. The second-order valence-corrected chi connectivity index (χ2v) is 9.48. The van der Waals surface area contributed by atoms with Gasteiger partial charge in [0.2, 0.25) is 5.91 Å². The van der Waals surface area contributed by atoms with Crippen molar-refractivity contribution >= 4 is 23.6 Å². The smallest absolute Gasteiger partial charge is 0.251 e. The highest BCUT2D eigenvalue weighted by Crippen LogP contribution is 2.39. The highest BCUT2D eigenvalue weighted by atomic mass is 32.2. The van der Waals surface area contributed by atoms with Gasteiger partial charge in [-0.15, -0.1) is 11.8 Å². The van der Waals surface area contributed by atoms with Gasteiger partial charge in [-0.25, -0.2) is 0 Å². The van der Waals surface area contributed by atoms with Gasteiger partial charge in [0.05, 0.1) is 11.8 Å². The van der Waals surface area contributed by atoms with Crippen molar-refractivity contribution in [1.29, 1.82) is 0 Å². The third-order valence-corrected chi connectivity index (χ3v) is 7.55. The summed E-state index contributed by atoms with van der Waals surface area (Å²) in [4.78, 5) is 27.4. The highest BCUT2D eigenvalue weighted by molar-refractivity contribution is 8.00. The Hall–Kier alpha value is -3.05. The third kappa shape index (κ3) is 4.30. The molecule has 2 aliphatic rings. The first-order valence-corrected chi connectivity index (χ1v) is 12.2. The van der Waals surface area contributed by atoms with Gasteiger partial charge in [-0.3, -0.25) is 9.59 Å². The van der Waals surface area contributed by atoms with Gasteiger partial charge >= 0.3 is 0 Å². The summed E-state index contributed by atoms with van der Waals surface area (Å²) in [6.07, 6.45) is 3.13. The Balaban J connectivity index is 1.29. The molecule has 1 N–H and O–H groups in total. The van der Waals surface area contributed by atoms with Crippen molar-refractivity contribution in [1.82, 2.24) is 10.2 Å². The number of hydrogen-bond donors (Lipinski definition) is 1. The molecule has 1 saturated heterocycles. The number of carbonyl (C=O) groups is 2. The molecule has 3 aromatic carbocycles. The second kappa shape index (κ2) is 9.21. The molecule has 0 spiro atoms. The van der Waals surface area contributed by atoms with Gasteiger partial charge in [0.25, 0.3) is 5.91 Å². The minimum absolute atomic E-state index is 0.0231. The van der Waals surface area contributed by atoms with E-state index in [9.17, 15) is 9.59 Å². The van der Waals surface area contributed by atoms with Crippen LogP contribution in [0.25, 0.3) is 0 Å². The van der Waals surface area contributed by atoms with Gasteiger partial charge in [-0.1, -0.05) is 66.7 Å². The summed E-state index contributed by atoms with van der Waals surface area (Å²) in [6, 6.07) is 26.2. The maximum Gasteiger partial charge on any atom is 0.251 e. The van der Waals surface area contributed by atoms with Gasteiger partial charge in [0.15, 0.2) is 0 Å². The van der Waals surface area contributed by atoms with Crippen LogP contribution in [0.1, 0.15) is 56.9 Å². The van der Waals surface area contributed by atoms with Crippen LogP contribution in [-0.4, -0.2) is 22.5 Å². The van der Waals surface area contributed by atoms with Crippen LogP contribution in [0.3, 0.4) is 0 Å². The monoisotopic (exact) mass is 442 g/mol. The molecule has 1 heterocycles. The maximum atomic E-state index is 12.9. The first-order valence-electron chi connectivity index (χ1n) is 11.1. The fourth-order valence-corrected chi connectivity index (χ4v) is 5.81. The minimum atomic E-state index is -0.0467. The Labute approximate surface area is 193 Å². The molecule has 1 fully saturated rings. The van der Waals surface area contributed by atoms with Crippen molar-refractivity contribution in [3.8, 4) is 0 Å². The first-order chi connectivity index (χ1) is 15.7. The fraction of sp³-hybridized carbons (Fsp3) is 0.259. The van der Waals surface area contributed by atoms with E-state index in [4.69, 9.17) is 0 Å². The van der Waals surface area contributed by atoms with Crippen LogP contribution in [0.15, 0.2) is 78.9 Å². The van der Waals surface area contributed by atoms with E-state index in [1.807, 2.05) is 65.6 Å². The molecule has 4 nitrogen and oxygen atoms in total. The van der Waals surface area contributed by atoms with Crippen LogP contribution in [0.4, 0.5) is 0 Å². The Morgan fingerprint density at radius 3 is 2.53 bits per heavy atom. The largest absolute Gasteiger partial charge is 0.345 e. The number of nitrogens with one attached hydrogen (secondary N) is 1. The maximum absolute atomic E-state index is 12.9. The van der Waals surface area contributed by atoms with Crippen LogP contribution >= 0.6 is 11.8 Å². The molecule has 5 rings (SSSR count). The average Bonchev–Trinajstić information content (AvgIpc) is 3.20. The van der Waals surface area contributed by atoms with E-state index in [-0.39, 0.29) is 23.2 Å². The molecule has 0 aromatic heterocycles. The molecular weight excluding hydrogens is 416 g/mol. The standard InChI is InChI=1S/C27H26N2O2S/c30-25-18-32-27(29(25)17-19-7-2-1-3-8-19)22-15-13-21(14-16-22)26(31)28-24-12-6-10-20-9-4-5-11-23(20)24/h1-5,7-9,11,13-16,24,27H,6,10,12,17-18H2,(H,28,31). The summed E-state index contributed by atoms with van der Waals surface area (Å²) < 4.78 is 0. The van der Waals surface area contributed by atoms with Crippen molar-refractivity contribution in [3.63, 3.8) is 0 Å². The lowest BCUT2D eigenvalue weighted by atomic mass is 9.87. The molecule has 1 aliphatic carbocycles. The summed E-state index contributed by atoms with van der Waals surface area (Å²) in [6.45, 7) is 0.598. The zero-order valence-electron chi connectivity index (χ0n) is 17.9. The Morgan fingerprint density at radius 2 is 1.72 bits per heavy atom. The van der Waals surface area contributed by atoms with Crippen molar-refractivity contribution in [2.45, 2.75) is 37.2 Å². The minimum Gasteiger partial charge on any atom is -0.345 e. The predicted molar refractivity (Wildman–Crippen MR) is 128 cm³/mol. The molecule has 2 amide bonds. The summed E-state index contributed by atoms with van der Waals surface area (Å²) in [5, 5.41) is 3.20. The number of fused-ring (bicyclic) bond motifs is 1. The third-order valence-electron chi connectivity index (χ3n) is 6.30. The molecule has 0 saturated carbocycles. The van der Waals surface area contributed by atoms with Crippen LogP contribution in [-0.2, 0) is 17.8 Å². The molecule has 0 bridgehead atoms. The molecule has 2 atom stereocenters. The molecule has 2 unspecified atom stereocenters. The van der Waals surface area contributed by atoms with Crippen LogP contribution in [0, 0.1) is 0 Å². The second-order valence-electron chi connectivity index (χ2n) is 8.41. The summed E-state index contributed by atoms with van der Waals surface area (Å²) in [5.74, 6) is 0.595. The van der Waals surface area contributed by atoms with Crippen molar-refractivity contribution in [3.05, 3.63) is 107 Å². The van der Waals surface area contributed by atoms with E-state index >= 15 is 0 Å². The lowest BCUT2D eigenvalue weighted by Gasteiger charge is -2.26. The van der Waals surface area contributed by atoms with E-state index in [0.717, 1.165) is 30.4 Å². The molecular formula is C27H26N2O2S. The molecule has 32 heavy (non-hydrogen) atoms. The van der Waals surface area contributed by atoms with Gasteiger partial charge in [-0.05, 0) is 53.6 Å². The number of thioether (sulfide) groups is 1. The van der Waals surface area contributed by atoms with Gasteiger partial charge in [0, 0.05) is 12.1 Å². The molecule has 1 aliphatic heterocycles. The van der Waals surface area contributed by atoms with Crippen molar-refractivity contribution < 1.29 is 9.59 Å². The van der Waals surface area contributed by atoms with E-state index < -0.39 is 0 Å². The topological polar surface area (TPSA) is 49.4 Å². The quantitative estimate of drug-likeness (QED) is 0.586. The van der Waals surface area contributed by atoms with Crippen molar-refractivity contribution in [2.75, 3.05) is 5.75 Å². The fourth-order valence-electron chi connectivity index (χ4n) is 4.63. The first kappa shape index (κ1) is 20.8. The lowest BCUT2D eigenvalue weighted by molar-refractivity contribution is -0.128. The Kier molecular flexibility index (Phi) is 5.99. The Bertz CT molecular complexity index is 1110. The van der Waals surface area contributed by atoms with Gasteiger partial charge in [-0.2, -0.15) is 0 Å². The summed E-state index contributed by atoms with van der Waals surface area (Å²) >= 11 is 1.64. The summed E-state index contributed by atoms with van der Waals surface area (Å²) in [7, 11) is 0. The number of carbonyl (C=O) groups excluding carboxylic acids is 2. The predicted octanol–water partition coefficient (Wildman–Crippen LogP) is 5.27. The molecule has 0 radical (unpaired) electrons. The molecule has 3 aromatic rings. The van der Waals surface area contributed by atoms with Gasteiger partial charge < -0.3 is 10.2 Å². The number of amides is 2. The van der Waals surface area contributed by atoms with Crippen LogP contribution in [0.2, 0.25) is 0 Å². The SMILES string of the molecule is O=C(NC1CCCc2ccccc21)c1ccc(C2SCC(=O)N2Cc2ccccc2)cc1. The molecule has 5 heteroatoms. The van der Waals surface area contributed by atoms with E-state index in [2.05, 4.69) is 23.5 Å². The van der Waals surface area contributed by atoms with E-state index in [1.165, 1.54) is 11.1 Å². The number of rotatable bonds is 5. The number of aryl methyl sites for hydroxylation is 1. The number of hydrogen-bond acceptors (Lipinski definition) is 3. The zero-order valence-corrected chi connectivity index (χ0v) is 18.7. The highest BCUT2D eigenvalue weighted by Gasteiger charge is 2.33. The van der Waals surface area contributed by atoms with Crippen LogP contribution in [0.5, 0.6) is 0 Å². The zero-order chi connectivity index (χ0) is 21.9. The normalized spacial score (nSPS) is 20.1. The summed E-state index contributed by atoms with van der Waals surface area (Å²) in [5.41, 5.74) is 5.40. The van der Waals surface area contributed by atoms with Crippen molar-refractivity contribution in [2.24, 2.45) is 0 Å². The number of nitrogens with zero attached hydrogens (tertiary/aromatic N) is 1. The van der Waals surface area contributed by atoms with Crippen LogP contribution < -0.4 is 5.32 Å². The van der Waals surface area contributed by atoms with Gasteiger partial charge in [0.1, 0.15) is 5.37 Å². The van der Waals surface area contributed by atoms with E-state index in [0.29, 0.717) is 17.9 Å². The lowest BCUT2D eigenvalue weighted by Crippen LogP contribution is -2.31. The van der Waals surface area contributed by atoms with E-state index in [1.54, 1.807) is 11.8 Å². The average molecular weight is 443 g/mol.